The van der Waals surface area contributed by atoms with Gasteiger partial charge in [0.2, 0.25) is 0 Å². The minimum Gasteiger partial charge on any atom is -0.0953 e. The Kier molecular flexibility index (Phi) is 1.51. The normalized spacial score (nSPS) is 48.3. The lowest BCUT2D eigenvalue weighted by molar-refractivity contribution is 0.144. The summed E-state index contributed by atoms with van der Waals surface area (Å²) < 4.78 is 0. The molecule has 0 nitrogen and oxygen atoms in total. The molecule has 0 aromatic rings. The van der Waals surface area contributed by atoms with Gasteiger partial charge in [0, 0.05) is 0 Å². The molecule has 4 bridgehead atoms. The van der Waals surface area contributed by atoms with Crippen LogP contribution in [0.4, 0.5) is 0 Å². The van der Waals surface area contributed by atoms with Crippen molar-refractivity contribution in [3.8, 4) is 0 Å². The predicted molar refractivity (Wildman–Crippen MR) is 55.3 cm³/mol. The fourth-order valence-corrected chi connectivity index (χ4v) is 3.94. The second-order valence-corrected chi connectivity index (χ2v) is 5.35. The van der Waals surface area contributed by atoms with E-state index in [2.05, 4.69) is 13.2 Å². The van der Waals surface area contributed by atoms with Crippen molar-refractivity contribution < 1.29 is 0 Å². The Morgan fingerprint density at radius 2 is 1.08 bits per heavy atom. The van der Waals surface area contributed by atoms with Crippen molar-refractivity contribution in [2.75, 3.05) is 0 Å². The molecule has 4 rings (SSSR count). The third-order valence-electron chi connectivity index (χ3n) is 4.54. The van der Waals surface area contributed by atoms with Gasteiger partial charge in [0.25, 0.3) is 0 Å². The van der Waals surface area contributed by atoms with E-state index in [1.54, 1.807) is 0 Å². The first-order chi connectivity index (χ1) is 6.24. The molecular formula is C13H18. The Labute approximate surface area is 80.7 Å². The second-order valence-electron chi connectivity index (χ2n) is 5.35. The Balaban J connectivity index is 2.03. The summed E-state index contributed by atoms with van der Waals surface area (Å²) >= 11 is 0. The highest BCUT2D eigenvalue weighted by molar-refractivity contribution is 5.34. The van der Waals surface area contributed by atoms with Crippen LogP contribution in [0.15, 0.2) is 24.3 Å². The monoisotopic (exact) mass is 174 g/mol. The molecule has 0 aromatic heterocycles. The van der Waals surface area contributed by atoms with Crippen LogP contribution in [0.25, 0.3) is 0 Å². The molecule has 4 aliphatic rings. The third-order valence-corrected chi connectivity index (χ3v) is 4.54. The molecule has 0 amide bonds. The molecule has 13 heavy (non-hydrogen) atoms. The van der Waals surface area contributed by atoms with Gasteiger partial charge in [0.05, 0.1) is 0 Å². The number of allylic oxidation sites excluding steroid dienone is 2. The summed E-state index contributed by atoms with van der Waals surface area (Å²) in [7, 11) is 0. The van der Waals surface area contributed by atoms with Crippen LogP contribution in [-0.4, -0.2) is 0 Å². The lowest BCUT2D eigenvalue weighted by atomic mass is 9.67. The molecule has 0 saturated heterocycles. The van der Waals surface area contributed by atoms with Crippen LogP contribution < -0.4 is 0 Å². The van der Waals surface area contributed by atoms with E-state index in [1.807, 2.05) is 0 Å². The second kappa shape index (κ2) is 2.50. The summed E-state index contributed by atoms with van der Waals surface area (Å²) in [6, 6.07) is 0. The topological polar surface area (TPSA) is 0 Å². The van der Waals surface area contributed by atoms with Crippen LogP contribution in [-0.2, 0) is 0 Å². The lowest BCUT2D eigenvalue weighted by Gasteiger charge is -2.38. The first-order valence-corrected chi connectivity index (χ1v) is 5.62. The largest absolute Gasteiger partial charge is 0.0953 e. The summed E-state index contributed by atoms with van der Waals surface area (Å²) in [5.41, 5.74) is 2.82. The highest BCUT2D eigenvalue weighted by Gasteiger charge is 2.42. The molecular weight excluding hydrogens is 156 g/mol. The van der Waals surface area contributed by atoms with E-state index in [-0.39, 0.29) is 0 Å². The van der Waals surface area contributed by atoms with Crippen LogP contribution in [0.1, 0.15) is 32.1 Å². The van der Waals surface area contributed by atoms with Crippen LogP contribution in [0, 0.1) is 23.7 Å². The molecule has 0 atom stereocenters. The Hall–Kier alpha value is -0.520. The smallest absolute Gasteiger partial charge is 0.0160 e. The molecule has 0 N–H and O–H groups in total. The molecule has 0 aromatic carbocycles. The van der Waals surface area contributed by atoms with Gasteiger partial charge >= 0.3 is 0 Å². The van der Waals surface area contributed by atoms with Crippen LogP contribution in [0.2, 0.25) is 0 Å². The highest BCUT2D eigenvalue weighted by atomic mass is 14.5. The minimum absolute atomic E-state index is 0.809. The SMILES string of the molecule is C=C1C(=C)C2CC3CC(CC1C3)C2. The van der Waals surface area contributed by atoms with Gasteiger partial charge < -0.3 is 0 Å². The average Bonchev–Trinajstić information content (AvgIpc) is 2.23. The van der Waals surface area contributed by atoms with Crippen LogP contribution in [0.5, 0.6) is 0 Å². The minimum atomic E-state index is 0.809. The molecule has 4 fully saturated rings. The number of rotatable bonds is 0. The lowest BCUT2D eigenvalue weighted by Crippen LogP contribution is -2.27. The molecule has 4 saturated carbocycles. The highest BCUT2D eigenvalue weighted by Crippen LogP contribution is 2.54. The number of hydrogen-bond donors (Lipinski definition) is 0. The van der Waals surface area contributed by atoms with Gasteiger partial charge in [0.1, 0.15) is 0 Å². The van der Waals surface area contributed by atoms with Gasteiger partial charge in [-0.3, -0.25) is 0 Å². The van der Waals surface area contributed by atoms with Gasteiger partial charge in [-0.15, -0.1) is 0 Å². The number of hydrogen-bond acceptors (Lipinski definition) is 0. The van der Waals surface area contributed by atoms with Crippen LogP contribution >= 0.6 is 0 Å². The molecule has 0 aliphatic heterocycles. The van der Waals surface area contributed by atoms with Gasteiger partial charge in [-0.25, -0.2) is 0 Å². The zero-order valence-corrected chi connectivity index (χ0v) is 8.26. The molecule has 0 heteroatoms. The first-order valence-electron chi connectivity index (χ1n) is 5.62. The van der Waals surface area contributed by atoms with Crippen molar-refractivity contribution in [3.63, 3.8) is 0 Å². The van der Waals surface area contributed by atoms with Crippen molar-refractivity contribution in [2.45, 2.75) is 32.1 Å². The van der Waals surface area contributed by atoms with E-state index in [1.165, 1.54) is 43.3 Å². The maximum absolute atomic E-state index is 4.25. The number of fused-ring (bicyclic) bond motifs is 1. The quantitative estimate of drug-likeness (QED) is 0.527. The van der Waals surface area contributed by atoms with E-state index in [0.717, 1.165) is 23.7 Å². The third kappa shape index (κ3) is 1.04. The van der Waals surface area contributed by atoms with Crippen molar-refractivity contribution in [1.29, 1.82) is 0 Å². The van der Waals surface area contributed by atoms with Crippen molar-refractivity contribution in [1.82, 2.24) is 0 Å². The van der Waals surface area contributed by atoms with Gasteiger partial charge in [-0.05, 0) is 66.9 Å². The standard InChI is InChI=1S/C13H18/c1-8-9(2)13-6-10-3-11(7-13)5-12(8)4-10/h10-13H,1-7H2. The van der Waals surface area contributed by atoms with E-state index >= 15 is 0 Å². The summed E-state index contributed by atoms with van der Waals surface area (Å²) in [6.45, 7) is 8.51. The Morgan fingerprint density at radius 3 is 1.46 bits per heavy atom. The fraction of sp³-hybridized carbons (Fsp3) is 0.692. The molecule has 70 valence electrons. The summed E-state index contributed by atoms with van der Waals surface area (Å²) in [5, 5.41) is 0. The van der Waals surface area contributed by atoms with Crippen molar-refractivity contribution in [2.24, 2.45) is 23.7 Å². The van der Waals surface area contributed by atoms with Gasteiger partial charge in [0.15, 0.2) is 0 Å². The molecule has 0 unspecified atom stereocenters. The van der Waals surface area contributed by atoms with E-state index < -0.39 is 0 Å². The van der Waals surface area contributed by atoms with Gasteiger partial charge in [-0.2, -0.15) is 0 Å². The van der Waals surface area contributed by atoms with Crippen LogP contribution in [0.3, 0.4) is 0 Å². The fourth-order valence-electron chi connectivity index (χ4n) is 3.94. The molecule has 0 radical (unpaired) electrons. The zero-order valence-electron chi connectivity index (χ0n) is 8.26. The molecule has 4 aliphatic carbocycles. The van der Waals surface area contributed by atoms with E-state index in [4.69, 9.17) is 0 Å². The zero-order chi connectivity index (χ0) is 9.00. The Bertz CT molecular complexity index is 234. The first kappa shape index (κ1) is 7.84. The van der Waals surface area contributed by atoms with E-state index in [0.29, 0.717) is 0 Å². The summed E-state index contributed by atoms with van der Waals surface area (Å²) in [5.74, 6) is 3.64. The predicted octanol–water partition coefficient (Wildman–Crippen LogP) is 3.55. The maximum Gasteiger partial charge on any atom is -0.0160 e. The molecule has 0 heterocycles. The summed E-state index contributed by atoms with van der Waals surface area (Å²) in [4.78, 5) is 0. The van der Waals surface area contributed by atoms with Gasteiger partial charge in [-0.1, -0.05) is 13.2 Å². The molecule has 0 spiro atoms. The van der Waals surface area contributed by atoms with Crippen molar-refractivity contribution in [3.05, 3.63) is 24.3 Å². The average molecular weight is 174 g/mol. The van der Waals surface area contributed by atoms with E-state index in [9.17, 15) is 0 Å². The Morgan fingerprint density at radius 1 is 0.692 bits per heavy atom. The van der Waals surface area contributed by atoms with Crippen molar-refractivity contribution >= 4 is 0 Å². The summed E-state index contributed by atoms with van der Waals surface area (Å²) in [6.07, 6.45) is 7.19. The maximum atomic E-state index is 4.25.